The summed E-state index contributed by atoms with van der Waals surface area (Å²) in [7, 11) is -2.65. The van der Waals surface area contributed by atoms with Gasteiger partial charge in [-0.1, -0.05) is 6.07 Å². The van der Waals surface area contributed by atoms with Crippen molar-refractivity contribution in [2.75, 3.05) is 11.8 Å². The number of amides is 1. The molecule has 0 radical (unpaired) electrons. The molecule has 2 N–H and O–H groups in total. The third kappa shape index (κ3) is 4.26. The first-order valence-corrected chi connectivity index (χ1v) is 13.4. The van der Waals surface area contributed by atoms with Gasteiger partial charge in [-0.25, -0.2) is 23.4 Å². The monoisotopic (exact) mass is 530 g/mol. The number of ether oxygens (including phenoxy) is 1. The molecule has 0 spiro atoms. The van der Waals surface area contributed by atoms with Crippen molar-refractivity contribution >= 4 is 43.2 Å². The second-order valence-corrected chi connectivity index (χ2v) is 10.9. The summed E-state index contributed by atoms with van der Waals surface area (Å²) in [5, 5.41) is 3.64. The number of pyridine rings is 2. The molecule has 4 aromatic heterocycles. The Kier molecular flexibility index (Phi) is 5.54. The summed E-state index contributed by atoms with van der Waals surface area (Å²) in [6, 6.07) is 11.3. The van der Waals surface area contributed by atoms with Crippen LogP contribution in [0.3, 0.4) is 0 Å². The summed E-state index contributed by atoms with van der Waals surface area (Å²) in [6.07, 6.45) is 6.48. The van der Waals surface area contributed by atoms with Gasteiger partial charge in [0.2, 0.25) is 5.88 Å². The minimum atomic E-state index is -4.06. The number of aromatic nitrogens is 4. The first kappa shape index (κ1) is 23.0. The van der Waals surface area contributed by atoms with Crippen molar-refractivity contribution in [1.29, 1.82) is 0 Å². The average Bonchev–Trinajstić information content (AvgIpc) is 3.36. The molecule has 0 fully saturated rings. The molecule has 0 saturated heterocycles. The maximum absolute atomic E-state index is 13.3. The van der Waals surface area contributed by atoms with Gasteiger partial charge in [0.05, 0.1) is 17.7 Å². The van der Waals surface area contributed by atoms with Crippen LogP contribution < -0.4 is 14.8 Å². The molecule has 184 valence electrons. The predicted molar refractivity (Wildman–Crippen MR) is 139 cm³/mol. The minimum Gasteiger partial charge on any atom is -0.480 e. The number of methoxy groups -OCH3 is 1. The number of sulfonamides is 1. The summed E-state index contributed by atoms with van der Waals surface area (Å²) >= 11 is 1.43. The molecule has 0 saturated carbocycles. The molecule has 1 amide bonds. The third-order valence-electron chi connectivity index (χ3n) is 5.83. The fraction of sp³-hybridized carbons (Fsp3) is 0.0800. The van der Waals surface area contributed by atoms with Crippen molar-refractivity contribution in [2.24, 2.45) is 0 Å². The summed E-state index contributed by atoms with van der Waals surface area (Å²) in [5.74, 6) is -0.308. The molecule has 1 aliphatic heterocycles. The van der Waals surface area contributed by atoms with Gasteiger partial charge in [-0.05, 0) is 42.0 Å². The van der Waals surface area contributed by atoms with E-state index in [0.29, 0.717) is 11.3 Å². The molecule has 37 heavy (non-hydrogen) atoms. The van der Waals surface area contributed by atoms with Gasteiger partial charge in [0, 0.05) is 52.1 Å². The van der Waals surface area contributed by atoms with Crippen molar-refractivity contribution in [1.82, 2.24) is 25.3 Å². The highest BCUT2D eigenvalue weighted by Gasteiger charge is 2.21. The molecular weight excluding hydrogens is 512 g/mol. The van der Waals surface area contributed by atoms with Gasteiger partial charge in [0.15, 0.2) is 0 Å². The summed E-state index contributed by atoms with van der Waals surface area (Å²) < 4.78 is 34.4. The number of hydrogen-bond acceptors (Lipinski definition) is 9. The van der Waals surface area contributed by atoms with Gasteiger partial charge in [0.1, 0.15) is 16.8 Å². The second-order valence-electron chi connectivity index (χ2n) is 8.23. The van der Waals surface area contributed by atoms with Crippen LogP contribution in [0.2, 0.25) is 0 Å². The molecule has 8 bridgehead atoms. The largest absolute Gasteiger partial charge is 0.480 e. The van der Waals surface area contributed by atoms with Crippen molar-refractivity contribution in [3.63, 3.8) is 0 Å². The number of carbonyl (C=O) groups is 1. The number of fused-ring (bicyclic) bond motifs is 9. The van der Waals surface area contributed by atoms with Crippen molar-refractivity contribution in [3.8, 4) is 27.6 Å². The minimum absolute atomic E-state index is 0.0702. The lowest BCUT2D eigenvalue weighted by molar-refractivity contribution is 0.0950. The van der Waals surface area contributed by atoms with E-state index in [9.17, 15) is 13.2 Å². The Labute approximate surface area is 215 Å². The van der Waals surface area contributed by atoms with Crippen LogP contribution >= 0.6 is 11.3 Å². The molecule has 12 heteroatoms. The van der Waals surface area contributed by atoms with Gasteiger partial charge in [-0.3, -0.25) is 14.5 Å². The highest BCUT2D eigenvalue weighted by atomic mass is 32.2. The number of carbonyl (C=O) groups excluding carboxylic acids is 1. The highest BCUT2D eigenvalue weighted by Crippen LogP contribution is 2.38. The van der Waals surface area contributed by atoms with Crippen LogP contribution in [0.5, 0.6) is 5.88 Å². The van der Waals surface area contributed by atoms with E-state index < -0.39 is 15.9 Å². The molecule has 0 unspecified atom stereocenters. The van der Waals surface area contributed by atoms with E-state index in [-0.39, 0.29) is 28.6 Å². The van der Waals surface area contributed by atoms with Crippen molar-refractivity contribution in [3.05, 3.63) is 78.5 Å². The van der Waals surface area contributed by atoms with Crippen LogP contribution in [0.1, 0.15) is 15.9 Å². The topological polar surface area (TPSA) is 136 Å². The SMILES string of the molecule is COc1ncc2cc1NS(=O)(=O)c1cccc(c1)C(=O)NCc1cncc(c1)-c1ncnc3sc-2cc13. The van der Waals surface area contributed by atoms with Crippen LogP contribution in [0.4, 0.5) is 5.69 Å². The molecule has 1 aliphatic rings. The Balaban J connectivity index is 1.58. The molecule has 6 rings (SSSR count). The molecule has 0 aliphatic carbocycles. The Hall–Kier alpha value is -4.42. The van der Waals surface area contributed by atoms with Crippen LogP contribution in [-0.2, 0) is 16.6 Å². The summed E-state index contributed by atoms with van der Waals surface area (Å²) in [5.41, 5.74) is 3.29. The maximum atomic E-state index is 13.3. The van der Waals surface area contributed by atoms with E-state index >= 15 is 0 Å². The number of nitrogens with zero attached hydrogens (tertiary/aromatic N) is 4. The Morgan fingerprint density at radius 3 is 2.73 bits per heavy atom. The number of thiophene rings is 1. The number of hydrogen-bond donors (Lipinski definition) is 2. The number of nitrogens with one attached hydrogen (secondary N) is 2. The van der Waals surface area contributed by atoms with Crippen molar-refractivity contribution < 1.29 is 17.9 Å². The highest BCUT2D eigenvalue weighted by molar-refractivity contribution is 7.92. The standard InChI is InChI=1S/C25H18N6O4S2/c1-35-24-20-7-16(12-28-24)21-8-19-22(29-13-30-25(19)36-21)17-5-14(9-26-11-17)10-27-23(32)15-3-2-4-18(6-15)37(33,34)31-20/h2-9,11-13,31H,10H2,1H3,(H,27,32). The fourth-order valence-corrected chi connectivity index (χ4v) is 6.13. The van der Waals surface area contributed by atoms with E-state index in [1.807, 2.05) is 12.1 Å². The lowest BCUT2D eigenvalue weighted by Gasteiger charge is -2.13. The van der Waals surface area contributed by atoms with Gasteiger partial charge in [0.25, 0.3) is 15.9 Å². The van der Waals surface area contributed by atoms with Crippen LogP contribution in [0.15, 0.2) is 72.3 Å². The zero-order chi connectivity index (χ0) is 25.6. The molecule has 10 nitrogen and oxygen atoms in total. The first-order valence-electron chi connectivity index (χ1n) is 11.1. The van der Waals surface area contributed by atoms with Gasteiger partial charge in [-0.2, -0.15) is 0 Å². The van der Waals surface area contributed by atoms with Gasteiger partial charge >= 0.3 is 0 Å². The Morgan fingerprint density at radius 2 is 1.86 bits per heavy atom. The Morgan fingerprint density at radius 1 is 0.973 bits per heavy atom. The van der Waals surface area contributed by atoms with E-state index in [2.05, 4.69) is 30.0 Å². The first-order chi connectivity index (χ1) is 17.9. The molecule has 5 heterocycles. The number of anilines is 1. The van der Waals surface area contributed by atoms with E-state index in [1.54, 1.807) is 30.7 Å². The lowest BCUT2D eigenvalue weighted by Crippen LogP contribution is -2.23. The van der Waals surface area contributed by atoms with Crippen LogP contribution in [-0.4, -0.2) is 41.4 Å². The number of benzene rings is 1. The smallest absolute Gasteiger partial charge is 0.262 e. The average molecular weight is 531 g/mol. The third-order valence-corrected chi connectivity index (χ3v) is 8.29. The zero-order valence-electron chi connectivity index (χ0n) is 19.3. The lowest BCUT2D eigenvalue weighted by atomic mass is 10.1. The second kappa shape index (κ2) is 8.91. The molecule has 5 aromatic rings. The molecule has 1 aromatic carbocycles. The predicted octanol–water partition coefficient (Wildman–Crippen LogP) is 3.87. The number of rotatable bonds is 1. The normalized spacial score (nSPS) is 14.4. The zero-order valence-corrected chi connectivity index (χ0v) is 20.9. The fourth-order valence-electron chi connectivity index (χ4n) is 4.06. The van der Waals surface area contributed by atoms with Crippen LogP contribution in [0.25, 0.3) is 31.9 Å². The van der Waals surface area contributed by atoms with E-state index in [1.165, 1.54) is 43.0 Å². The molecule has 0 atom stereocenters. The van der Waals surface area contributed by atoms with Crippen molar-refractivity contribution in [2.45, 2.75) is 11.4 Å². The summed E-state index contributed by atoms with van der Waals surface area (Å²) in [4.78, 5) is 31.9. The quantitative estimate of drug-likeness (QED) is 0.333. The Bertz CT molecular complexity index is 1800. The van der Waals surface area contributed by atoms with E-state index in [4.69, 9.17) is 4.74 Å². The summed E-state index contributed by atoms with van der Waals surface area (Å²) in [6.45, 7) is 0.200. The van der Waals surface area contributed by atoms with Crippen LogP contribution in [0, 0.1) is 0 Å². The van der Waals surface area contributed by atoms with Gasteiger partial charge in [-0.15, -0.1) is 11.3 Å². The van der Waals surface area contributed by atoms with Gasteiger partial charge < -0.3 is 10.1 Å². The maximum Gasteiger partial charge on any atom is 0.262 e. The molecular formula is C25H18N6O4S2. The van der Waals surface area contributed by atoms with E-state index in [0.717, 1.165) is 26.2 Å².